The molecule has 2 unspecified atom stereocenters. The monoisotopic (exact) mass is 446 g/mol. The number of anilines is 1. The Morgan fingerprint density at radius 2 is 2.12 bits per heavy atom. The van der Waals surface area contributed by atoms with Gasteiger partial charge in [-0.3, -0.25) is 4.99 Å². The molecule has 0 spiro atoms. The number of aliphatic hydroxyl groups excluding tert-OH is 1. The van der Waals surface area contributed by atoms with Gasteiger partial charge >= 0.3 is 0 Å². The van der Waals surface area contributed by atoms with Gasteiger partial charge in [-0.1, -0.05) is 25.1 Å². The molecule has 5 nitrogen and oxygen atoms in total. The average Bonchev–Trinajstić information content (AvgIpc) is 2.60. The second-order valence-corrected chi connectivity index (χ2v) is 6.27. The van der Waals surface area contributed by atoms with Crippen molar-refractivity contribution >= 4 is 35.6 Å². The summed E-state index contributed by atoms with van der Waals surface area (Å²) in [5.74, 6) is 1.05. The lowest BCUT2D eigenvalue weighted by molar-refractivity contribution is 0.241. The molecule has 1 fully saturated rings. The number of nitrogens with zero attached hydrogens (tertiary/aromatic N) is 2. The van der Waals surface area contributed by atoms with Gasteiger partial charge in [-0.15, -0.1) is 24.0 Å². The Labute approximate surface area is 162 Å². The molecular formula is C18H31IN4O. The van der Waals surface area contributed by atoms with Crippen LogP contribution in [0, 0.1) is 5.92 Å². The zero-order valence-corrected chi connectivity index (χ0v) is 17.1. The Balaban J connectivity index is 0.00000288. The van der Waals surface area contributed by atoms with Crippen molar-refractivity contribution in [2.24, 2.45) is 10.9 Å². The minimum absolute atomic E-state index is 0. The lowest BCUT2D eigenvalue weighted by Crippen LogP contribution is -2.51. The number of hydrogen-bond donors (Lipinski definition) is 3. The molecule has 1 aliphatic rings. The van der Waals surface area contributed by atoms with E-state index in [1.165, 1.54) is 12.1 Å². The Morgan fingerprint density at radius 3 is 2.79 bits per heavy atom. The summed E-state index contributed by atoms with van der Waals surface area (Å²) in [5.41, 5.74) is 1.29. The number of halogens is 1. The van der Waals surface area contributed by atoms with Crippen molar-refractivity contribution in [1.29, 1.82) is 0 Å². The molecule has 2 atom stereocenters. The van der Waals surface area contributed by atoms with Gasteiger partial charge in [0.2, 0.25) is 0 Å². The first-order chi connectivity index (χ1) is 11.2. The Hall–Kier alpha value is -1.02. The summed E-state index contributed by atoms with van der Waals surface area (Å²) in [7, 11) is 0. The molecule has 0 bridgehead atoms. The zero-order valence-electron chi connectivity index (χ0n) is 14.7. The van der Waals surface area contributed by atoms with Gasteiger partial charge < -0.3 is 20.6 Å². The normalized spacial score (nSPS) is 19.4. The average molecular weight is 446 g/mol. The second kappa shape index (κ2) is 11.5. The van der Waals surface area contributed by atoms with E-state index in [9.17, 15) is 0 Å². The Kier molecular flexibility index (Phi) is 10.1. The van der Waals surface area contributed by atoms with Crippen LogP contribution in [0.5, 0.6) is 0 Å². The highest BCUT2D eigenvalue weighted by Gasteiger charge is 2.20. The fourth-order valence-corrected chi connectivity index (χ4v) is 2.79. The van der Waals surface area contributed by atoms with Crippen molar-refractivity contribution in [3.63, 3.8) is 0 Å². The van der Waals surface area contributed by atoms with Crippen LogP contribution < -0.4 is 15.5 Å². The first-order valence-corrected chi connectivity index (χ1v) is 8.68. The number of guanidine groups is 1. The quantitative estimate of drug-likeness (QED) is 0.357. The van der Waals surface area contributed by atoms with Crippen LogP contribution in [-0.4, -0.2) is 49.9 Å². The van der Waals surface area contributed by atoms with Crippen LogP contribution in [-0.2, 0) is 0 Å². The Bertz CT molecular complexity index is 483. The molecule has 0 radical (unpaired) electrons. The molecule has 24 heavy (non-hydrogen) atoms. The van der Waals surface area contributed by atoms with E-state index in [0.717, 1.165) is 32.0 Å². The SMILES string of the molecule is CCNC(=NCC(C)CO)NC1CCCN(c2ccccc2)C1.I. The van der Waals surface area contributed by atoms with E-state index in [-0.39, 0.29) is 36.5 Å². The molecular weight excluding hydrogens is 415 g/mol. The first kappa shape index (κ1) is 21.0. The summed E-state index contributed by atoms with van der Waals surface area (Å²) in [4.78, 5) is 7.02. The number of hydrogen-bond acceptors (Lipinski definition) is 3. The highest BCUT2D eigenvalue weighted by molar-refractivity contribution is 14.0. The van der Waals surface area contributed by atoms with Gasteiger partial charge in [-0.2, -0.15) is 0 Å². The van der Waals surface area contributed by atoms with Gasteiger partial charge in [0.25, 0.3) is 0 Å². The van der Waals surface area contributed by atoms with Crippen LogP contribution in [0.25, 0.3) is 0 Å². The molecule has 136 valence electrons. The van der Waals surface area contributed by atoms with Crippen molar-refractivity contribution in [1.82, 2.24) is 10.6 Å². The third-order valence-electron chi connectivity index (χ3n) is 4.10. The summed E-state index contributed by atoms with van der Waals surface area (Å²) in [6.07, 6.45) is 2.34. The smallest absolute Gasteiger partial charge is 0.191 e. The van der Waals surface area contributed by atoms with Crippen molar-refractivity contribution in [3.8, 4) is 0 Å². The predicted octanol–water partition coefficient (Wildman–Crippen LogP) is 2.46. The summed E-state index contributed by atoms with van der Waals surface area (Å²) >= 11 is 0. The van der Waals surface area contributed by atoms with Gasteiger partial charge in [0, 0.05) is 44.5 Å². The van der Waals surface area contributed by atoms with Crippen LogP contribution in [0.3, 0.4) is 0 Å². The van der Waals surface area contributed by atoms with E-state index in [0.29, 0.717) is 12.6 Å². The van der Waals surface area contributed by atoms with Crippen LogP contribution in [0.4, 0.5) is 5.69 Å². The molecule has 2 rings (SSSR count). The van der Waals surface area contributed by atoms with Crippen LogP contribution >= 0.6 is 24.0 Å². The summed E-state index contributed by atoms with van der Waals surface area (Å²) in [5, 5.41) is 16.0. The molecule has 1 saturated heterocycles. The minimum atomic E-state index is 0. The second-order valence-electron chi connectivity index (χ2n) is 6.27. The van der Waals surface area contributed by atoms with Gasteiger partial charge in [0.05, 0.1) is 0 Å². The maximum absolute atomic E-state index is 9.14. The number of para-hydroxylation sites is 1. The van der Waals surface area contributed by atoms with E-state index in [1.54, 1.807) is 0 Å². The highest BCUT2D eigenvalue weighted by atomic mass is 127. The molecule has 0 aliphatic carbocycles. The third kappa shape index (κ3) is 6.84. The summed E-state index contributed by atoms with van der Waals surface area (Å²) in [6.45, 7) is 7.83. The van der Waals surface area contributed by atoms with Crippen LogP contribution in [0.2, 0.25) is 0 Å². The standard InChI is InChI=1S/C18H30N4O.HI/c1-3-19-18(20-12-15(2)14-23)21-16-8-7-11-22(13-16)17-9-5-4-6-10-17;/h4-6,9-10,15-16,23H,3,7-8,11-14H2,1-2H3,(H2,19,20,21);1H. The lowest BCUT2D eigenvalue weighted by Gasteiger charge is -2.35. The van der Waals surface area contributed by atoms with Gasteiger partial charge in [0.15, 0.2) is 5.96 Å². The summed E-state index contributed by atoms with van der Waals surface area (Å²) < 4.78 is 0. The molecule has 0 saturated carbocycles. The van der Waals surface area contributed by atoms with E-state index < -0.39 is 0 Å². The minimum Gasteiger partial charge on any atom is -0.396 e. The molecule has 1 aromatic rings. The lowest BCUT2D eigenvalue weighted by atomic mass is 10.0. The number of nitrogens with one attached hydrogen (secondary N) is 2. The molecule has 1 aromatic carbocycles. The molecule has 3 N–H and O–H groups in total. The number of benzene rings is 1. The fourth-order valence-electron chi connectivity index (χ4n) is 2.79. The fraction of sp³-hybridized carbons (Fsp3) is 0.611. The number of aliphatic imine (C=N–C) groups is 1. The summed E-state index contributed by atoms with van der Waals surface area (Å²) in [6, 6.07) is 11.0. The van der Waals surface area contributed by atoms with Crippen molar-refractivity contribution in [3.05, 3.63) is 30.3 Å². The van der Waals surface area contributed by atoms with Gasteiger partial charge in [-0.05, 0) is 37.8 Å². The number of rotatable bonds is 6. The van der Waals surface area contributed by atoms with Crippen molar-refractivity contribution in [2.45, 2.75) is 32.7 Å². The molecule has 1 heterocycles. The predicted molar refractivity (Wildman–Crippen MR) is 112 cm³/mol. The van der Waals surface area contributed by atoms with Crippen LogP contribution in [0.1, 0.15) is 26.7 Å². The topological polar surface area (TPSA) is 59.9 Å². The van der Waals surface area contributed by atoms with E-state index in [1.807, 2.05) is 6.92 Å². The van der Waals surface area contributed by atoms with Crippen LogP contribution in [0.15, 0.2) is 35.3 Å². The highest BCUT2D eigenvalue weighted by Crippen LogP contribution is 2.19. The van der Waals surface area contributed by atoms with Gasteiger partial charge in [-0.25, -0.2) is 0 Å². The maximum atomic E-state index is 9.14. The first-order valence-electron chi connectivity index (χ1n) is 8.68. The Morgan fingerprint density at radius 1 is 1.38 bits per heavy atom. The van der Waals surface area contributed by atoms with Crippen molar-refractivity contribution in [2.75, 3.05) is 37.7 Å². The van der Waals surface area contributed by atoms with Crippen molar-refractivity contribution < 1.29 is 5.11 Å². The molecule has 1 aliphatic heterocycles. The van der Waals surface area contributed by atoms with E-state index >= 15 is 0 Å². The number of piperidine rings is 1. The molecule has 0 aromatic heterocycles. The largest absolute Gasteiger partial charge is 0.396 e. The molecule has 6 heteroatoms. The third-order valence-corrected chi connectivity index (χ3v) is 4.10. The maximum Gasteiger partial charge on any atom is 0.191 e. The molecule has 0 amide bonds. The zero-order chi connectivity index (χ0) is 16.5. The van der Waals surface area contributed by atoms with E-state index in [2.05, 4.69) is 57.8 Å². The van der Waals surface area contributed by atoms with Gasteiger partial charge in [0.1, 0.15) is 0 Å². The van der Waals surface area contributed by atoms with E-state index in [4.69, 9.17) is 5.11 Å². The number of aliphatic hydroxyl groups is 1.